The van der Waals surface area contributed by atoms with Crippen molar-refractivity contribution in [1.82, 2.24) is 4.98 Å². The van der Waals surface area contributed by atoms with Crippen molar-refractivity contribution in [1.29, 1.82) is 0 Å². The van der Waals surface area contributed by atoms with Gasteiger partial charge >= 0.3 is 13.3 Å². The van der Waals surface area contributed by atoms with Crippen molar-refractivity contribution < 1.29 is 31.6 Å². The lowest BCUT2D eigenvalue weighted by Gasteiger charge is -2.32. The van der Waals surface area contributed by atoms with Gasteiger partial charge in [0.15, 0.2) is 0 Å². The fraction of sp³-hybridized carbons (Fsp3) is 0.522. The van der Waals surface area contributed by atoms with Crippen molar-refractivity contribution >= 4 is 12.6 Å². The molecule has 4 nitrogen and oxygen atoms in total. The second-order valence-electron chi connectivity index (χ2n) is 9.93. The molecule has 0 N–H and O–H groups in total. The first-order valence-electron chi connectivity index (χ1n) is 10.7. The number of ether oxygens (including phenoxy) is 1. The number of aromatic nitrogens is 1. The molecule has 1 aliphatic heterocycles. The Labute approximate surface area is 184 Å². The molecule has 5 rings (SSSR count). The van der Waals surface area contributed by atoms with E-state index in [4.69, 9.17) is 14.0 Å². The maximum Gasteiger partial charge on any atom is 0.495 e. The average molecular weight is 449 g/mol. The Kier molecular flexibility index (Phi) is 4.70. The Bertz CT molecular complexity index is 1070. The molecule has 1 aromatic heterocycles. The molecule has 1 aromatic carbocycles. The highest BCUT2D eigenvalue weighted by atomic mass is 19.4. The lowest BCUT2D eigenvalue weighted by Crippen LogP contribution is -2.41. The molecule has 2 aromatic rings. The minimum Gasteiger partial charge on any atom is -0.473 e. The summed E-state index contributed by atoms with van der Waals surface area (Å²) < 4.78 is 73.0. The number of nitrogens with zero attached hydrogens (tertiary/aromatic N) is 1. The molecule has 32 heavy (non-hydrogen) atoms. The minimum atomic E-state index is -4.76. The maximum atomic E-state index is 14.6. The van der Waals surface area contributed by atoms with Gasteiger partial charge in [0.1, 0.15) is 12.4 Å². The Balaban J connectivity index is 1.42. The summed E-state index contributed by atoms with van der Waals surface area (Å²) in [6.45, 7) is 6.73. The molecule has 170 valence electrons. The van der Waals surface area contributed by atoms with E-state index in [0.29, 0.717) is 23.8 Å². The van der Waals surface area contributed by atoms with E-state index in [1.807, 2.05) is 6.07 Å². The Morgan fingerprint density at radius 3 is 2.47 bits per heavy atom. The van der Waals surface area contributed by atoms with E-state index in [-0.39, 0.29) is 17.6 Å². The van der Waals surface area contributed by atoms with E-state index in [1.54, 1.807) is 33.9 Å². The van der Waals surface area contributed by atoms with Gasteiger partial charge in [0.2, 0.25) is 5.88 Å². The number of benzene rings is 1. The number of alkyl halides is 3. The molecule has 2 heterocycles. The van der Waals surface area contributed by atoms with Gasteiger partial charge in [0, 0.05) is 17.8 Å². The predicted molar refractivity (Wildman–Crippen MR) is 110 cm³/mol. The third-order valence-corrected chi connectivity index (χ3v) is 7.21. The van der Waals surface area contributed by atoms with Crippen LogP contribution in [0.25, 0.3) is 0 Å². The largest absolute Gasteiger partial charge is 0.495 e. The standard InChI is InChI=1S/C23H24BF4NO3/c1-21(2)22(3,4)32-24(31-21)18-7-14(19(25)9-17(18)23(26,27)28)11-30-20-8-13-5-12-6-15(12)16(13)10-29-20/h7-10,12,15H,5-6,11H2,1-4H3. The zero-order valence-corrected chi connectivity index (χ0v) is 18.3. The SMILES string of the molecule is CC1(C)OB(c2cc(COc3cc4c(cn3)C3CC3C4)c(F)cc2C(F)(F)F)OC1(C)C. The van der Waals surface area contributed by atoms with Gasteiger partial charge in [-0.1, -0.05) is 6.07 Å². The Hall–Kier alpha value is -2.13. The average Bonchev–Trinajstić information content (AvgIpc) is 3.29. The van der Waals surface area contributed by atoms with Gasteiger partial charge in [-0.25, -0.2) is 9.37 Å². The number of fused-ring (bicyclic) bond motifs is 3. The molecule has 9 heteroatoms. The van der Waals surface area contributed by atoms with Crippen LogP contribution in [-0.2, 0) is 28.5 Å². The van der Waals surface area contributed by atoms with Crippen LogP contribution in [0, 0.1) is 11.7 Å². The van der Waals surface area contributed by atoms with E-state index >= 15 is 0 Å². The summed E-state index contributed by atoms with van der Waals surface area (Å²) in [5, 5.41) is 0. The summed E-state index contributed by atoms with van der Waals surface area (Å²) >= 11 is 0. The van der Waals surface area contributed by atoms with Crippen molar-refractivity contribution in [2.24, 2.45) is 5.92 Å². The van der Waals surface area contributed by atoms with Crippen LogP contribution in [0.2, 0.25) is 0 Å². The van der Waals surface area contributed by atoms with Crippen LogP contribution >= 0.6 is 0 Å². The molecule has 2 aliphatic carbocycles. The number of rotatable bonds is 4. The van der Waals surface area contributed by atoms with E-state index < -0.39 is 35.9 Å². The fourth-order valence-electron chi connectivity index (χ4n) is 4.52. The van der Waals surface area contributed by atoms with Gasteiger partial charge in [-0.15, -0.1) is 0 Å². The highest BCUT2D eigenvalue weighted by Gasteiger charge is 2.54. The summed E-state index contributed by atoms with van der Waals surface area (Å²) in [6, 6.07) is 3.46. The van der Waals surface area contributed by atoms with Gasteiger partial charge in [-0.05, 0) is 75.0 Å². The quantitative estimate of drug-likeness (QED) is 0.498. The zero-order chi connectivity index (χ0) is 23.1. The fourth-order valence-corrected chi connectivity index (χ4v) is 4.52. The normalized spacial score (nSPS) is 24.9. The summed E-state index contributed by atoms with van der Waals surface area (Å²) in [5.41, 5.74) is -0.646. The number of halogens is 4. The Morgan fingerprint density at radius 2 is 1.81 bits per heavy atom. The molecule has 1 saturated carbocycles. The molecule has 1 saturated heterocycles. The molecule has 0 radical (unpaired) electrons. The summed E-state index contributed by atoms with van der Waals surface area (Å²) in [7, 11) is -1.28. The number of hydrogen-bond acceptors (Lipinski definition) is 4. The lowest BCUT2D eigenvalue weighted by molar-refractivity contribution is -0.137. The zero-order valence-electron chi connectivity index (χ0n) is 18.3. The Morgan fingerprint density at radius 1 is 1.12 bits per heavy atom. The summed E-state index contributed by atoms with van der Waals surface area (Å²) in [4.78, 5) is 4.29. The minimum absolute atomic E-state index is 0.0205. The monoisotopic (exact) mass is 449 g/mol. The van der Waals surface area contributed by atoms with Crippen LogP contribution < -0.4 is 10.2 Å². The van der Waals surface area contributed by atoms with Crippen LogP contribution in [0.3, 0.4) is 0 Å². The second kappa shape index (κ2) is 6.94. The topological polar surface area (TPSA) is 40.6 Å². The van der Waals surface area contributed by atoms with Crippen molar-refractivity contribution in [2.45, 2.75) is 70.4 Å². The molecular formula is C23H24BF4NO3. The van der Waals surface area contributed by atoms with Gasteiger partial charge in [0.05, 0.1) is 16.8 Å². The van der Waals surface area contributed by atoms with Gasteiger partial charge in [-0.2, -0.15) is 13.2 Å². The summed E-state index contributed by atoms with van der Waals surface area (Å²) in [5.74, 6) is 0.625. The third kappa shape index (κ3) is 3.59. The third-order valence-electron chi connectivity index (χ3n) is 7.21. The van der Waals surface area contributed by atoms with Crippen molar-refractivity contribution in [2.75, 3.05) is 0 Å². The molecule has 0 amide bonds. The first-order chi connectivity index (χ1) is 14.9. The highest BCUT2D eigenvalue weighted by Crippen LogP contribution is 2.56. The number of pyridine rings is 1. The van der Waals surface area contributed by atoms with Crippen LogP contribution in [-0.4, -0.2) is 23.3 Å². The first-order valence-corrected chi connectivity index (χ1v) is 10.7. The molecule has 3 aliphatic rings. The molecule has 2 unspecified atom stereocenters. The van der Waals surface area contributed by atoms with Crippen LogP contribution in [0.15, 0.2) is 24.4 Å². The number of hydrogen-bond donors (Lipinski definition) is 0. The van der Waals surface area contributed by atoms with Gasteiger partial charge < -0.3 is 14.0 Å². The molecule has 0 spiro atoms. The van der Waals surface area contributed by atoms with Crippen LogP contribution in [0.1, 0.15) is 62.3 Å². The van der Waals surface area contributed by atoms with Crippen molar-refractivity contribution in [3.63, 3.8) is 0 Å². The second-order valence-corrected chi connectivity index (χ2v) is 9.93. The molecular weight excluding hydrogens is 425 g/mol. The smallest absolute Gasteiger partial charge is 0.473 e. The van der Waals surface area contributed by atoms with Gasteiger partial charge in [0.25, 0.3) is 0 Å². The van der Waals surface area contributed by atoms with E-state index in [9.17, 15) is 17.6 Å². The first kappa shape index (κ1) is 21.7. The molecule has 0 bridgehead atoms. The van der Waals surface area contributed by atoms with Crippen molar-refractivity contribution in [3.05, 3.63) is 52.5 Å². The molecule has 2 atom stereocenters. The van der Waals surface area contributed by atoms with Crippen LogP contribution in [0.5, 0.6) is 5.88 Å². The summed E-state index contributed by atoms with van der Waals surface area (Å²) in [6.07, 6.45) is -0.782. The van der Waals surface area contributed by atoms with E-state index in [1.165, 1.54) is 17.5 Å². The van der Waals surface area contributed by atoms with Gasteiger partial charge in [-0.3, -0.25) is 0 Å². The molecule has 2 fully saturated rings. The highest BCUT2D eigenvalue weighted by molar-refractivity contribution is 6.62. The maximum absolute atomic E-state index is 14.6. The predicted octanol–water partition coefficient (Wildman–Crippen LogP) is 4.78. The van der Waals surface area contributed by atoms with Crippen molar-refractivity contribution in [3.8, 4) is 5.88 Å². The van der Waals surface area contributed by atoms with E-state index in [0.717, 1.165) is 12.5 Å². The van der Waals surface area contributed by atoms with E-state index in [2.05, 4.69) is 4.98 Å². The van der Waals surface area contributed by atoms with Crippen LogP contribution in [0.4, 0.5) is 17.6 Å². The lowest BCUT2D eigenvalue weighted by atomic mass is 9.75.